The van der Waals surface area contributed by atoms with Gasteiger partial charge in [0.1, 0.15) is 34.5 Å². The van der Waals surface area contributed by atoms with E-state index in [9.17, 15) is 14.0 Å². The molecule has 0 saturated carbocycles. The summed E-state index contributed by atoms with van der Waals surface area (Å²) in [6.07, 6.45) is 1.38. The molecule has 3 aromatic heterocycles. The molecule has 0 spiro atoms. The minimum atomic E-state index is -0.714. The predicted molar refractivity (Wildman–Crippen MR) is 139 cm³/mol. The van der Waals surface area contributed by atoms with Crippen LogP contribution in [-0.2, 0) is 5.41 Å². The number of nitrogens with zero attached hydrogens (tertiary/aromatic N) is 3. The molecule has 4 rings (SSSR count). The van der Waals surface area contributed by atoms with Crippen LogP contribution in [0.15, 0.2) is 41.1 Å². The lowest BCUT2D eigenvalue weighted by Gasteiger charge is -2.14. The van der Waals surface area contributed by atoms with Crippen molar-refractivity contribution in [2.45, 2.75) is 40.0 Å². The number of rotatable bonds is 6. The van der Waals surface area contributed by atoms with E-state index < -0.39 is 17.8 Å². The number of amides is 3. The highest BCUT2D eigenvalue weighted by Crippen LogP contribution is 2.34. The summed E-state index contributed by atoms with van der Waals surface area (Å²) in [7, 11) is 1.48. The molecule has 0 fully saturated rings. The van der Waals surface area contributed by atoms with Gasteiger partial charge in [0, 0.05) is 36.5 Å². The second-order valence-corrected chi connectivity index (χ2v) is 9.54. The number of hydrogen-bond donors (Lipinski definition) is 4. The van der Waals surface area contributed by atoms with Crippen molar-refractivity contribution < 1.29 is 23.2 Å². The number of urea groups is 1. The molecule has 3 heterocycles. The summed E-state index contributed by atoms with van der Waals surface area (Å²) in [5, 5.41) is 11.8. The largest absolute Gasteiger partial charge is 0.454 e. The van der Waals surface area contributed by atoms with Gasteiger partial charge in [0.15, 0.2) is 11.6 Å². The molecule has 198 valence electrons. The molecule has 0 radical (unpaired) electrons. The van der Waals surface area contributed by atoms with Crippen molar-refractivity contribution in [3.8, 4) is 22.8 Å². The van der Waals surface area contributed by atoms with Crippen LogP contribution in [0.1, 0.15) is 48.5 Å². The smallest absolute Gasteiger partial charge is 0.324 e. The van der Waals surface area contributed by atoms with Crippen LogP contribution < -0.4 is 20.7 Å². The van der Waals surface area contributed by atoms with Crippen molar-refractivity contribution in [1.82, 2.24) is 25.4 Å². The number of nitrogens with one attached hydrogen (secondary N) is 4. The predicted octanol–water partition coefficient (Wildman–Crippen LogP) is 5.31. The number of anilines is 2. The fourth-order valence-corrected chi connectivity index (χ4v) is 3.61. The van der Waals surface area contributed by atoms with Gasteiger partial charge in [0.2, 0.25) is 0 Å². The fourth-order valence-electron chi connectivity index (χ4n) is 3.61. The summed E-state index contributed by atoms with van der Waals surface area (Å²) in [4.78, 5) is 36.4. The monoisotopic (exact) mass is 521 g/mol. The van der Waals surface area contributed by atoms with Crippen LogP contribution in [0.3, 0.4) is 0 Å². The summed E-state index contributed by atoms with van der Waals surface area (Å²) in [6, 6.07) is 6.26. The number of aryl methyl sites for hydroxylation is 2. The van der Waals surface area contributed by atoms with E-state index in [1.165, 1.54) is 37.5 Å². The minimum Gasteiger partial charge on any atom is -0.454 e. The van der Waals surface area contributed by atoms with E-state index in [1.54, 1.807) is 13.8 Å². The quantitative estimate of drug-likeness (QED) is 0.269. The topological polar surface area (TPSA) is 147 Å². The van der Waals surface area contributed by atoms with Crippen molar-refractivity contribution in [2.75, 3.05) is 17.7 Å². The Morgan fingerprint density at radius 3 is 2.50 bits per heavy atom. The van der Waals surface area contributed by atoms with E-state index in [2.05, 4.69) is 36.1 Å². The van der Waals surface area contributed by atoms with Crippen LogP contribution in [0.25, 0.3) is 11.3 Å². The zero-order valence-electron chi connectivity index (χ0n) is 21.8. The molecular weight excluding hydrogens is 493 g/mol. The number of imidazole rings is 1. The molecule has 38 heavy (non-hydrogen) atoms. The highest BCUT2D eigenvalue weighted by molar-refractivity contribution is 6.01. The average Bonchev–Trinajstić information content (AvgIpc) is 3.42. The number of carbonyl (C=O) groups excluding carboxylic acids is 2. The summed E-state index contributed by atoms with van der Waals surface area (Å²) >= 11 is 0. The van der Waals surface area contributed by atoms with Gasteiger partial charge in [-0.15, -0.1) is 0 Å². The molecule has 3 amide bonds. The molecule has 11 nitrogen and oxygen atoms in total. The van der Waals surface area contributed by atoms with E-state index in [-0.39, 0.29) is 28.3 Å². The lowest BCUT2D eigenvalue weighted by Crippen LogP contribution is -2.20. The van der Waals surface area contributed by atoms with Gasteiger partial charge in [0.05, 0.1) is 11.3 Å². The number of carbonyl (C=O) groups is 2. The Bertz CT molecular complexity index is 1480. The van der Waals surface area contributed by atoms with Gasteiger partial charge in [-0.1, -0.05) is 25.9 Å². The zero-order valence-corrected chi connectivity index (χ0v) is 21.8. The Hall–Kier alpha value is -4.74. The first kappa shape index (κ1) is 26.3. The molecule has 0 atom stereocenters. The first-order chi connectivity index (χ1) is 18.0. The third-order valence-corrected chi connectivity index (χ3v) is 5.53. The average molecular weight is 522 g/mol. The second-order valence-electron chi connectivity index (χ2n) is 9.54. The van der Waals surface area contributed by atoms with Crippen LogP contribution in [-0.4, -0.2) is 39.1 Å². The molecule has 0 saturated heterocycles. The van der Waals surface area contributed by atoms with Crippen LogP contribution in [0, 0.1) is 19.7 Å². The molecule has 0 unspecified atom stereocenters. The number of H-pyrrole nitrogens is 1. The van der Waals surface area contributed by atoms with Gasteiger partial charge < -0.3 is 24.9 Å². The van der Waals surface area contributed by atoms with E-state index >= 15 is 0 Å². The molecule has 0 aliphatic heterocycles. The van der Waals surface area contributed by atoms with Crippen molar-refractivity contribution in [3.05, 3.63) is 65.3 Å². The van der Waals surface area contributed by atoms with E-state index in [1.807, 2.05) is 20.8 Å². The number of pyridine rings is 1. The van der Waals surface area contributed by atoms with Crippen molar-refractivity contribution in [1.29, 1.82) is 0 Å². The Labute approximate surface area is 218 Å². The van der Waals surface area contributed by atoms with Gasteiger partial charge in [-0.05, 0) is 32.0 Å². The van der Waals surface area contributed by atoms with Crippen molar-refractivity contribution in [2.24, 2.45) is 0 Å². The number of aromatic amines is 1. The van der Waals surface area contributed by atoms with Gasteiger partial charge in [-0.3, -0.25) is 15.1 Å². The van der Waals surface area contributed by atoms with Crippen molar-refractivity contribution >= 4 is 23.4 Å². The molecule has 0 aliphatic rings. The molecule has 12 heteroatoms. The van der Waals surface area contributed by atoms with Gasteiger partial charge in [-0.25, -0.2) is 14.2 Å². The molecule has 0 aliphatic carbocycles. The molecule has 1 aromatic carbocycles. The van der Waals surface area contributed by atoms with Gasteiger partial charge >= 0.3 is 6.03 Å². The normalized spacial score (nSPS) is 11.2. The Kier molecular flexibility index (Phi) is 7.15. The lowest BCUT2D eigenvalue weighted by atomic mass is 9.96. The molecule has 4 aromatic rings. The first-order valence-electron chi connectivity index (χ1n) is 11.7. The number of aromatic nitrogens is 4. The zero-order chi connectivity index (χ0) is 27.6. The molecular formula is C26H28FN7O4. The van der Waals surface area contributed by atoms with E-state index in [0.29, 0.717) is 34.4 Å². The standard InChI is InChI=1S/C26H28FN7O4/c1-13-20(14(2)38-34-13)21-22(32-24(31-21)26(3,4)5)33-25(36)30-15-7-8-19(17(27)11-15)37-16-9-10-29-18(12-16)23(35)28-6/h7-12H,1-6H3,(H,28,35)(H,31,32)(H2,30,33,36). The van der Waals surface area contributed by atoms with E-state index in [4.69, 9.17) is 9.26 Å². The van der Waals surface area contributed by atoms with Gasteiger partial charge in [0.25, 0.3) is 5.91 Å². The summed E-state index contributed by atoms with van der Waals surface area (Å²) in [6.45, 7) is 9.53. The maximum absolute atomic E-state index is 14.8. The van der Waals surface area contributed by atoms with Crippen LogP contribution >= 0.6 is 0 Å². The van der Waals surface area contributed by atoms with E-state index in [0.717, 1.165) is 6.07 Å². The highest BCUT2D eigenvalue weighted by atomic mass is 19.1. The SMILES string of the molecule is CNC(=O)c1cc(Oc2ccc(NC(=O)Nc3[nH]c(C(C)(C)C)nc3-c3c(C)noc3C)cc2F)ccn1. The van der Waals surface area contributed by atoms with Crippen LogP contribution in [0.4, 0.5) is 20.7 Å². The van der Waals surface area contributed by atoms with Crippen molar-refractivity contribution in [3.63, 3.8) is 0 Å². The lowest BCUT2D eigenvalue weighted by molar-refractivity contribution is 0.0957. The maximum atomic E-state index is 14.8. The number of hydrogen-bond acceptors (Lipinski definition) is 7. The summed E-state index contributed by atoms with van der Waals surface area (Å²) in [5.74, 6) is 0.607. The van der Waals surface area contributed by atoms with Crippen LogP contribution in [0.2, 0.25) is 0 Å². The minimum absolute atomic E-state index is 0.0888. The van der Waals surface area contributed by atoms with Gasteiger partial charge in [-0.2, -0.15) is 0 Å². The number of halogens is 1. The summed E-state index contributed by atoms with van der Waals surface area (Å²) < 4.78 is 25.6. The molecule has 4 N–H and O–H groups in total. The third kappa shape index (κ3) is 5.64. The number of ether oxygens (including phenoxy) is 1. The Balaban J connectivity index is 1.51. The van der Waals surface area contributed by atoms with Crippen LogP contribution in [0.5, 0.6) is 11.5 Å². The number of benzene rings is 1. The third-order valence-electron chi connectivity index (χ3n) is 5.53. The highest BCUT2D eigenvalue weighted by Gasteiger charge is 2.26. The Morgan fingerprint density at radius 2 is 1.87 bits per heavy atom. The second kappa shape index (κ2) is 10.3. The molecule has 0 bridgehead atoms. The Morgan fingerprint density at radius 1 is 1.11 bits per heavy atom. The fraction of sp³-hybridized carbons (Fsp3) is 0.269. The maximum Gasteiger partial charge on any atom is 0.324 e. The first-order valence-corrected chi connectivity index (χ1v) is 11.7. The summed E-state index contributed by atoms with van der Waals surface area (Å²) in [5.41, 5.74) is 1.80.